The van der Waals surface area contributed by atoms with Gasteiger partial charge in [0, 0.05) is 13.1 Å². The van der Waals surface area contributed by atoms with E-state index in [-0.39, 0.29) is 12.1 Å². The molecule has 1 atom stereocenters. The van der Waals surface area contributed by atoms with Crippen molar-refractivity contribution in [1.82, 2.24) is 10.2 Å². The van der Waals surface area contributed by atoms with Gasteiger partial charge in [-0.25, -0.2) is 4.79 Å². The van der Waals surface area contributed by atoms with Gasteiger partial charge in [-0.05, 0) is 35.0 Å². The predicted molar refractivity (Wildman–Crippen MR) is 80.0 cm³/mol. The van der Waals surface area contributed by atoms with Crippen molar-refractivity contribution in [3.63, 3.8) is 0 Å². The van der Waals surface area contributed by atoms with Crippen LogP contribution in [0.1, 0.15) is 6.92 Å². The van der Waals surface area contributed by atoms with E-state index in [1.807, 2.05) is 31.2 Å². The molecule has 20 heavy (non-hydrogen) atoms. The fourth-order valence-corrected chi connectivity index (χ4v) is 2.29. The number of amides is 2. The molecule has 0 unspecified atom stereocenters. The number of ether oxygens (including phenoxy) is 2. The quantitative estimate of drug-likeness (QED) is 0.912. The molecule has 1 fully saturated rings. The topological polar surface area (TPSA) is 50.8 Å². The molecule has 110 valence electrons. The normalized spacial score (nSPS) is 16.6. The summed E-state index contributed by atoms with van der Waals surface area (Å²) in [6.45, 7) is 4.90. The number of morpholine rings is 1. The molecule has 0 bridgehead atoms. The fraction of sp³-hybridized carbons (Fsp3) is 0.500. The summed E-state index contributed by atoms with van der Waals surface area (Å²) in [4.78, 5) is 13.7. The van der Waals surface area contributed by atoms with Crippen molar-refractivity contribution in [1.29, 1.82) is 0 Å². The summed E-state index contributed by atoms with van der Waals surface area (Å²) >= 11 is 3.43. The summed E-state index contributed by atoms with van der Waals surface area (Å²) in [5, 5.41) is 2.88. The van der Waals surface area contributed by atoms with Crippen LogP contribution < -0.4 is 10.1 Å². The Morgan fingerprint density at radius 3 is 2.85 bits per heavy atom. The lowest BCUT2D eigenvalue weighted by Gasteiger charge is -2.27. The smallest absolute Gasteiger partial charge is 0.317 e. The Hall–Kier alpha value is -1.27. The molecule has 2 amide bonds. The highest BCUT2D eigenvalue weighted by atomic mass is 79.9. The van der Waals surface area contributed by atoms with Crippen LogP contribution >= 0.6 is 15.9 Å². The molecule has 1 saturated heterocycles. The van der Waals surface area contributed by atoms with Crippen LogP contribution in [0.5, 0.6) is 5.75 Å². The van der Waals surface area contributed by atoms with Gasteiger partial charge in [0.25, 0.3) is 0 Å². The van der Waals surface area contributed by atoms with Crippen LogP contribution in [0.2, 0.25) is 0 Å². The van der Waals surface area contributed by atoms with Gasteiger partial charge in [-0.15, -0.1) is 0 Å². The third-order valence-corrected chi connectivity index (χ3v) is 3.66. The number of benzene rings is 1. The first-order chi connectivity index (χ1) is 9.66. The number of carbonyl (C=O) groups is 1. The molecular weight excluding hydrogens is 324 g/mol. The molecule has 1 aromatic rings. The molecule has 1 N–H and O–H groups in total. The Kier molecular flexibility index (Phi) is 5.67. The maximum atomic E-state index is 11.9. The Morgan fingerprint density at radius 2 is 2.15 bits per heavy atom. The second kappa shape index (κ2) is 7.50. The second-order valence-electron chi connectivity index (χ2n) is 4.64. The molecule has 1 heterocycles. The van der Waals surface area contributed by atoms with E-state index in [1.165, 1.54) is 0 Å². The van der Waals surface area contributed by atoms with E-state index >= 15 is 0 Å². The number of para-hydroxylation sites is 1. The van der Waals surface area contributed by atoms with Crippen molar-refractivity contribution >= 4 is 22.0 Å². The molecule has 5 nitrogen and oxygen atoms in total. The van der Waals surface area contributed by atoms with Gasteiger partial charge in [-0.2, -0.15) is 0 Å². The summed E-state index contributed by atoms with van der Waals surface area (Å²) in [6, 6.07) is 7.61. The maximum Gasteiger partial charge on any atom is 0.317 e. The van der Waals surface area contributed by atoms with E-state index in [4.69, 9.17) is 9.47 Å². The summed E-state index contributed by atoms with van der Waals surface area (Å²) in [6.07, 6.45) is -0.0984. The largest absolute Gasteiger partial charge is 0.488 e. The predicted octanol–water partition coefficient (Wildman–Crippen LogP) is 2.26. The first-order valence-electron chi connectivity index (χ1n) is 6.68. The molecule has 6 heteroatoms. The Morgan fingerprint density at radius 1 is 1.45 bits per heavy atom. The minimum absolute atomic E-state index is 0.0594. The van der Waals surface area contributed by atoms with Gasteiger partial charge in [0.1, 0.15) is 11.9 Å². The highest BCUT2D eigenvalue weighted by Gasteiger charge is 2.17. The van der Waals surface area contributed by atoms with Crippen LogP contribution in [0, 0.1) is 0 Å². The highest BCUT2D eigenvalue weighted by molar-refractivity contribution is 9.10. The van der Waals surface area contributed by atoms with Crippen molar-refractivity contribution < 1.29 is 14.3 Å². The standard InChI is InChI=1S/C14H19BrN2O3/c1-11(20-13-5-3-2-4-12(13)15)10-16-14(18)17-6-8-19-9-7-17/h2-5,11H,6-10H2,1H3,(H,16,18)/t11-/m0/s1. The fourth-order valence-electron chi connectivity index (χ4n) is 1.91. The lowest BCUT2D eigenvalue weighted by atomic mass is 10.3. The van der Waals surface area contributed by atoms with Crippen molar-refractivity contribution in [2.24, 2.45) is 0 Å². The van der Waals surface area contributed by atoms with Crippen molar-refractivity contribution in [2.45, 2.75) is 13.0 Å². The van der Waals surface area contributed by atoms with Gasteiger partial charge in [0.15, 0.2) is 0 Å². The van der Waals surface area contributed by atoms with E-state index in [0.717, 1.165) is 10.2 Å². The van der Waals surface area contributed by atoms with Gasteiger partial charge >= 0.3 is 6.03 Å². The molecule has 0 aromatic heterocycles. The number of rotatable bonds is 4. The number of hydrogen-bond acceptors (Lipinski definition) is 3. The molecule has 1 aromatic carbocycles. The van der Waals surface area contributed by atoms with Gasteiger partial charge in [-0.1, -0.05) is 12.1 Å². The van der Waals surface area contributed by atoms with Crippen LogP contribution in [-0.2, 0) is 4.74 Å². The monoisotopic (exact) mass is 342 g/mol. The van der Waals surface area contributed by atoms with Crippen molar-refractivity contribution in [3.05, 3.63) is 28.7 Å². The zero-order chi connectivity index (χ0) is 14.4. The molecule has 1 aliphatic rings. The summed E-state index contributed by atoms with van der Waals surface area (Å²) in [5.74, 6) is 0.778. The lowest BCUT2D eigenvalue weighted by Crippen LogP contribution is -2.48. The van der Waals surface area contributed by atoms with Gasteiger partial charge in [-0.3, -0.25) is 0 Å². The van der Waals surface area contributed by atoms with Gasteiger partial charge < -0.3 is 19.7 Å². The number of hydrogen-bond donors (Lipinski definition) is 1. The zero-order valence-corrected chi connectivity index (χ0v) is 13.1. The highest BCUT2D eigenvalue weighted by Crippen LogP contribution is 2.24. The molecule has 0 spiro atoms. The third kappa shape index (κ3) is 4.38. The van der Waals surface area contributed by atoms with Crippen LogP contribution in [0.15, 0.2) is 28.7 Å². The van der Waals surface area contributed by atoms with Gasteiger partial charge in [0.05, 0.1) is 24.2 Å². The zero-order valence-electron chi connectivity index (χ0n) is 11.5. The van der Waals surface area contributed by atoms with E-state index in [9.17, 15) is 4.79 Å². The number of nitrogens with zero attached hydrogens (tertiary/aromatic N) is 1. The van der Waals surface area contributed by atoms with E-state index in [1.54, 1.807) is 4.90 Å². The summed E-state index contributed by atoms with van der Waals surface area (Å²) < 4.78 is 11.9. The summed E-state index contributed by atoms with van der Waals surface area (Å²) in [5.41, 5.74) is 0. The number of urea groups is 1. The van der Waals surface area contributed by atoms with Gasteiger partial charge in [0.2, 0.25) is 0 Å². The lowest BCUT2D eigenvalue weighted by molar-refractivity contribution is 0.0525. The van der Waals surface area contributed by atoms with Crippen LogP contribution in [0.4, 0.5) is 4.79 Å². The Bertz CT molecular complexity index is 450. The van der Waals surface area contributed by atoms with Crippen molar-refractivity contribution in [2.75, 3.05) is 32.8 Å². The number of halogens is 1. The summed E-state index contributed by atoms with van der Waals surface area (Å²) in [7, 11) is 0. The number of carbonyl (C=O) groups excluding carboxylic acids is 1. The maximum absolute atomic E-state index is 11.9. The Labute approximate surface area is 127 Å². The molecule has 0 saturated carbocycles. The van der Waals surface area contributed by atoms with Crippen LogP contribution in [0.3, 0.4) is 0 Å². The molecular formula is C14H19BrN2O3. The first kappa shape index (κ1) is 15.1. The molecule has 1 aliphatic heterocycles. The minimum Gasteiger partial charge on any atom is -0.488 e. The average molecular weight is 343 g/mol. The van der Waals surface area contributed by atoms with Crippen LogP contribution in [0.25, 0.3) is 0 Å². The third-order valence-electron chi connectivity index (χ3n) is 3.00. The van der Waals surface area contributed by atoms with E-state index in [0.29, 0.717) is 32.8 Å². The molecule has 0 radical (unpaired) electrons. The Balaban J connectivity index is 1.76. The number of nitrogens with one attached hydrogen (secondary N) is 1. The SMILES string of the molecule is C[C@@H](CNC(=O)N1CCOCC1)Oc1ccccc1Br. The average Bonchev–Trinajstić information content (AvgIpc) is 2.48. The molecule has 0 aliphatic carbocycles. The minimum atomic E-state index is -0.0984. The first-order valence-corrected chi connectivity index (χ1v) is 7.48. The van der Waals surface area contributed by atoms with E-state index < -0.39 is 0 Å². The van der Waals surface area contributed by atoms with Crippen LogP contribution in [-0.4, -0.2) is 49.9 Å². The second-order valence-corrected chi connectivity index (χ2v) is 5.50. The van der Waals surface area contributed by atoms with Crippen molar-refractivity contribution in [3.8, 4) is 5.75 Å². The van der Waals surface area contributed by atoms with E-state index in [2.05, 4.69) is 21.2 Å². The molecule has 2 rings (SSSR count).